The minimum atomic E-state index is -1.90. The number of hydrogen-bond acceptors (Lipinski definition) is 8. The van der Waals surface area contributed by atoms with Gasteiger partial charge in [-0.05, 0) is 54.8 Å². The number of hydrogen-bond donors (Lipinski definition) is 4. The molecule has 1 aliphatic heterocycles. The molecule has 0 unspecified atom stereocenters. The van der Waals surface area contributed by atoms with Gasteiger partial charge in [-0.3, -0.25) is 0 Å². The van der Waals surface area contributed by atoms with Crippen molar-refractivity contribution in [3.8, 4) is 16.9 Å². The Morgan fingerprint density at radius 2 is 1.87 bits per heavy atom. The zero-order chi connectivity index (χ0) is 22.1. The lowest BCUT2D eigenvalue weighted by Crippen LogP contribution is -2.66. The fourth-order valence-corrected chi connectivity index (χ4v) is 3.38. The molecule has 0 spiro atoms. The lowest BCUT2D eigenvalue weighted by atomic mass is 9.88. The van der Waals surface area contributed by atoms with Gasteiger partial charge in [0.05, 0.1) is 19.3 Å². The zero-order valence-corrected chi connectivity index (χ0v) is 17.0. The van der Waals surface area contributed by atoms with Gasteiger partial charge in [0.15, 0.2) is 5.60 Å². The Labute approximate surface area is 174 Å². The van der Waals surface area contributed by atoms with Gasteiger partial charge in [-0.2, -0.15) is 0 Å². The third-order valence-electron chi connectivity index (χ3n) is 5.28. The van der Waals surface area contributed by atoms with E-state index >= 15 is 0 Å². The van der Waals surface area contributed by atoms with E-state index in [1.807, 2.05) is 12.1 Å². The quantitative estimate of drug-likeness (QED) is 0.531. The summed E-state index contributed by atoms with van der Waals surface area (Å²) in [6, 6.07) is 12.3. The van der Waals surface area contributed by atoms with Crippen molar-refractivity contribution in [3.63, 3.8) is 0 Å². The molecule has 162 valence electrons. The van der Waals surface area contributed by atoms with Gasteiger partial charge in [0.1, 0.15) is 24.1 Å². The van der Waals surface area contributed by atoms with Crippen molar-refractivity contribution in [2.75, 3.05) is 13.7 Å². The second-order valence-electron chi connectivity index (χ2n) is 7.52. The second kappa shape index (κ2) is 8.71. The number of carbonyl (C=O) groups excluding carboxylic acids is 1. The number of methoxy groups -OCH3 is 1. The minimum Gasteiger partial charge on any atom is -0.465 e. The fourth-order valence-electron chi connectivity index (χ4n) is 3.38. The van der Waals surface area contributed by atoms with Crippen LogP contribution in [0, 0.1) is 6.92 Å². The Bertz CT molecular complexity index is 910. The molecule has 30 heavy (non-hydrogen) atoms. The predicted molar refractivity (Wildman–Crippen MR) is 107 cm³/mol. The molecule has 1 fully saturated rings. The van der Waals surface area contributed by atoms with E-state index in [0.29, 0.717) is 11.3 Å². The maximum Gasteiger partial charge on any atom is 0.337 e. The highest BCUT2D eigenvalue weighted by Gasteiger charge is 2.53. The number of esters is 1. The molecular formula is C22H26O8. The zero-order valence-electron chi connectivity index (χ0n) is 17.0. The molecule has 1 saturated heterocycles. The standard InChI is InChI=1S/C22H26O8/c1-12-9-14(13-5-4-6-15(10-13)20(26)28-3)7-8-16(12)29-21-22(2,27)19(25)18(24)17(11-23)30-21/h4-10,17-19,21,23-25,27H,11H2,1-3H3/t17-,18-,19+,21+,22-/m1/s1. The fraction of sp³-hybridized carbons (Fsp3) is 0.409. The molecule has 0 amide bonds. The average Bonchev–Trinajstić information content (AvgIpc) is 2.75. The molecule has 0 radical (unpaired) electrons. The van der Waals surface area contributed by atoms with E-state index in [4.69, 9.17) is 14.2 Å². The van der Waals surface area contributed by atoms with Gasteiger partial charge in [-0.15, -0.1) is 0 Å². The van der Waals surface area contributed by atoms with Crippen molar-refractivity contribution in [1.82, 2.24) is 0 Å². The number of aliphatic hydroxyl groups excluding tert-OH is 3. The van der Waals surface area contributed by atoms with E-state index < -0.39 is 42.8 Å². The average molecular weight is 418 g/mol. The van der Waals surface area contributed by atoms with Gasteiger partial charge in [-0.25, -0.2) is 4.79 Å². The Balaban J connectivity index is 1.85. The molecule has 2 aromatic carbocycles. The molecule has 0 bridgehead atoms. The summed E-state index contributed by atoms with van der Waals surface area (Å²) in [5.41, 5.74) is 0.905. The molecule has 0 aromatic heterocycles. The van der Waals surface area contributed by atoms with Crippen molar-refractivity contribution >= 4 is 5.97 Å². The number of aryl methyl sites for hydroxylation is 1. The van der Waals surface area contributed by atoms with Crippen LogP contribution in [0.4, 0.5) is 0 Å². The van der Waals surface area contributed by atoms with Crippen LogP contribution in [0.1, 0.15) is 22.8 Å². The smallest absolute Gasteiger partial charge is 0.337 e. The van der Waals surface area contributed by atoms with Crippen LogP contribution in [0.15, 0.2) is 42.5 Å². The highest BCUT2D eigenvalue weighted by Crippen LogP contribution is 2.34. The summed E-state index contributed by atoms with van der Waals surface area (Å²) in [5.74, 6) is -0.0298. The van der Waals surface area contributed by atoms with Crippen LogP contribution in [0.3, 0.4) is 0 Å². The van der Waals surface area contributed by atoms with E-state index in [9.17, 15) is 25.2 Å². The maximum absolute atomic E-state index is 11.8. The van der Waals surface area contributed by atoms with E-state index in [0.717, 1.165) is 16.7 Å². The Hall–Kier alpha value is -2.49. The van der Waals surface area contributed by atoms with E-state index in [1.165, 1.54) is 14.0 Å². The SMILES string of the molecule is COC(=O)c1cccc(-c2ccc(O[C@H]3O[C@H](CO)[C@@H](O)[C@H](O)[C@@]3(C)O)c(C)c2)c1. The minimum absolute atomic E-state index is 0.397. The molecule has 2 aromatic rings. The summed E-state index contributed by atoms with van der Waals surface area (Å²) in [4.78, 5) is 11.8. The molecule has 4 N–H and O–H groups in total. The van der Waals surface area contributed by atoms with Crippen molar-refractivity contribution < 1.29 is 39.4 Å². The van der Waals surface area contributed by atoms with Crippen molar-refractivity contribution in [2.45, 2.75) is 44.1 Å². The summed E-state index contributed by atoms with van der Waals surface area (Å²) < 4.78 is 16.0. The van der Waals surface area contributed by atoms with E-state index in [1.54, 1.807) is 37.3 Å². The van der Waals surface area contributed by atoms with Crippen LogP contribution in [-0.2, 0) is 9.47 Å². The van der Waals surface area contributed by atoms with Gasteiger partial charge in [0.25, 0.3) is 0 Å². The lowest BCUT2D eigenvalue weighted by molar-refractivity contribution is -0.314. The van der Waals surface area contributed by atoms with E-state index in [-0.39, 0.29) is 0 Å². The summed E-state index contributed by atoms with van der Waals surface area (Å²) in [6.45, 7) is 2.55. The molecule has 0 saturated carbocycles. The van der Waals surface area contributed by atoms with Gasteiger partial charge in [0, 0.05) is 0 Å². The van der Waals surface area contributed by atoms with Crippen LogP contribution in [0.2, 0.25) is 0 Å². The van der Waals surface area contributed by atoms with Crippen molar-refractivity contribution in [3.05, 3.63) is 53.6 Å². The van der Waals surface area contributed by atoms with Gasteiger partial charge in [-0.1, -0.05) is 18.2 Å². The van der Waals surface area contributed by atoms with Crippen LogP contribution in [0.25, 0.3) is 11.1 Å². The topological polar surface area (TPSA) is 126 Å². The largest absolute Gasteiger partial charge is 0.465 e. The first-order chi connectivity index (χ1) is 14.2. The van der Waals surface area contributed by atoms with Gasteiger partial charge in [0.2, 0.25) is 6.29 Å². The third kappa shape index (κ3) is 4.19. The molecule has 1 heterocycles. The molecule has 3 rings (SSSR count). The highest BCUT2D eigenvalue weighted by molar-refractivity contribution is 5.91. The summed E-state index contributed by atoms with van der Waals surface area (Å²) in [5, 5.41) is 40.1. The molecule has 8 nitrogen and oxygen atoms in total. The number of aliphatic hydroxyl groups is 4. The van der Waals surface area contributed by atoms with E-state index in [2.05, 4.69) is 0 Å². The Morgan fingerprint density at radius 3 is 2.50 bits per heavy atom. The predicted octanol–water partition coefficient (Wildman–Crippen LogP) is 1.02. The third-order valence-corrected chi connectivity index (χ3v) is 5.28. The highest BCUT2D eigenvalue weighted by atomic mass is 16.7. The number of benzene rings is 2. The first kappa shape index (κ1) is 22.2. The van der Waals surface area contributed by atoms with Gasteiger partial charge >= 0.3 is 5.97 Å². The Kier molecular flexibility index (Phi) is 6.44. The lowest BCUT2D eigenvalue weighted by Gasteiger charge is -2.45. The van der Waals surface area contributed by atoms with Crippen LogP contribution >= 0.6 is 0 Å². The molecule has 1 aliphatic rings. The Morgan fingerprint density at radius 1 is 1.17 bits per heavy atom. The molecular weight excluding hydrogens is 392 g/mol. The number of rotatable bonds is 5. The number of ether oxygens (including phenoxy) is 3. The van der Waals surface area contributed by atoms with Crippen LogP contribution in [-0.4, -0.2) is 70.3 Å². The van der Waals surface area contributed by atoms with Crippen LogP contribution in [0.5, 0.6) is 5.75 Å². The summed E-state index contributed by atoms with van der Waals surface area (Å²) in [7, 11) is 1.32. The van der Waals surface area contributed by atoms with Crippen molar-refractivity contribution in [2.24, 2.45) is 0 Å². The molecule has 5 atom stereocenters. The normalized spacial score (nSPS) is 28.8. The number of carbonyl (C=O) groups is 1. The van der Waals surface area contributed by atoms with Gasteiger partial charge < -0.3 is 34.6 Å². The summed E-state index contributed by atoms with van der Waals surface area (Å²) >= 11 is 0. The summed E-state index contributed by atoms with van der Waals surface area (Å²) in [6.07, 6.45) is -5.41. The molecule has 0 aliphatic carbocycles. The first-order valence-corrected chi connectivity index (χ1v) is 9.50. The molecule has 8 heteroatoms. The second-order valence-corrected chi connectivity index (χ2v) is 7.52. The van der Waals surface area contributed by atoms with Crippen LogP contribution < -0.4 is 4.74 Å². The van der Waals surface area contributed by atoms with Crippen molar-refractivity contribution in [1.29, 1.82) is 0 Å². The maximum atomic E-state index is 11.8. The first-order valence-electron chi connectivity index (χ1n) is 9.50. The monoisotopic (exact) mass is 418 g/mol.